The van der Waals surface area contributed by atoms with Crippen LogP contribution in [-0.2, 0) is 0 Å². The second-order valence-corrected chi connectivity index (χ2v) is 4.52. The Morgan fingerprint density at radius 3 is 2.22 bits per heavy atom. The van der Waals surface area contributed by atoms with Crippen molar-refractivity contribution in [3.8, 4) is 0 Å². The van der Waals surface area contributed by atoms with Crippen molar-refractivity contribution in [3.63, 3.8) is 0 Å². The number of pyridine rings is 1. The van der Waals surface area contributed by atoms with Crippen LogP contribution in [0, 0.1) is 0 Å². The number of aromatic amines is 1. The van der Waals surface area contributed by atoms with Crippen LogP contribution >= 0.6 is 0 Å². The van der Waals surface area contributed by atoms with Crippen molar-refractivity contribution in [2.75, 3.05) is 5.32 Å². The largest absolute Gasteiger partial charge is 0.322 e. The van der Waals surface area contributed by atoms with Gasteiger partial charge in [-0.25, -0.2) is 4.98 Å². The molecule has 2 rings (SSSR count). The van der Waals surface area contributed by atoms with E-state index in [0.717, 1.165) is 5.69 Å². The first-order valence-corrected chi connectivity index (χ1v) is 6.04. The average molecular weight is 241 g/mol. The maximum Gasteiger partial charge on any atom is 0.255 e. The molecule has 0 aliphatic heterocycles. The lowest BCUT2D eigenvalue weighted by Crippen LogP contribution is -2.12. The standard InChI is InChI=1S/C15H16N2O/c1-11(2)12-3-5-13(6-4-12)15(18)17-14-7-9-16-10-8-14/h3-11H,1-2H3,(H,16,17,18)/p+1. The van der Waals surface area contributed by atoms with E-state index in [0.29, 0.717) is 11.5 Å². The van der Waals surface area contributed by atoms with Gasteiger partial charge in [-0.15, -0.1) is 0 Å². The van der Waals surface area contributed by atoms with Crippen LogP contribution in [0.1, 0.15) is 35.7 Å². The van der Waals surface area contributed by atoms with Crippen LogP contribution in [-0.4, -0.2) is 5.91 Å². The number of amides is 1. The number of benzene rings is 1. The maximum atomic E-state index is 12.0. The predicted octanol–water partition coefficient (Wildman–Crippen LogP) is 2.88. The average Bonchev–Trinajstić information content (AvgIpc) is 2.40. The first-order chi connectivity index (χ1) is 8.66. The van der Waals surface area contributed by atoms with E-state index in [1.165, 1.54) is 5.56 Å². The van der Waals surface area contributed by atoms with Crippen molar-refractivity contribution < 1.29 is 9.78 Å². The number of nitrogens with one attached hydrogen (secondary N) is 2. The molecule has 2 aromatic rings. The summed E-state index contributed by atoms with van der Waals surface area (Å²) in [5.41, 5.74) is 2.69. The lowest BCUT2D eigenvalue weighted by Gasteiger charge is -2.07. The Morgan fingerprint density at radius 1 is 1.06 bits per heavy atom. The molecule has 1 aromatic carbocycles. The minimum atomic E-state index is -0.0866. The van der Waals surface area contributed by atoms with Crippen molar-refractivity contribution in [2.45, 2.75) is 19.8 Å². The SMILES string of the molecule is CC(C)c1ccc(C(=O)Nc2cc[nH+]cc2)cc1. The van der Waals surface area contributed by atoms with Crippen molar-refractivity contribution >= 4 is 11.6 Å². The molecular weight excluding hydrogens is 224 g/mol. The summed E-state index contributed by atoms with van der Waals surface area (Å²) in [6.07, 6.45) is 3.55. The molecule has 1 amide bonds. The molecule has 92 valence electrons. The fourth-order valence-electron chi connectivity index (χ4n) is 1.69. The van der Waals surface area contributed by atoms with Crippen molar-refractivity contribution in [1.29, 1.82) is 0 Å². The molecule has 3 heteroatoms. The second kappa shape index (κ2) is 5.45. The summed E-state index contributed by atoms with van der Waals surface area (Å²) in [5, 5.41) is 2.85. The molecule has 0 saturated heterocycles. The predicted molar refractivity (Wildman–Crippen MR) is 71.5 cm³/mol. The zero-order valence-corrected chi connectivity index (χ0v) is 10.6. The summed E-state index contributed by atoms with van der Waals surface area (Å²) in [4.78, 5) is 14.9. The number of H-pyrrole nitrogens is 1. The second-order valence-electron chi connectivity index (χ2n) is 4.52. The van der Waals surface area contributed by atoms with Gasteiger partial charge in [0, 0.05) is 17.7 Å². The molecule has 0 fully saturated rings. The van der Waals surface area contributed by atoms with Crippen molar-refractivity contribution in [1.82, 2.24) is 0 Å². The molecular formula is C15H17N2O+. The van der Waals surface area contributed by atoms with Gasteiger partial charge >= 0.3 is 0 Å². The van der Waals surface area contributed by atoms with Crippen LogP contribution in [0.2, 0.25) is 0 Å². The Balaban J connectivity index is 2.10. The number of carbonyl (C=O) groups is 1. The molecule has 3 nitrogen and oxygen atoms in total. The molecule has 0 atom stereocenters. The van der Waals surface area contributed by atoms with Crippen molar-refractivity contribution in [2.24, 2.45) is 0 Å². The Bertz CT molecular complexity index is 518. The Morgan fingerprint density at radius 2 is 1.67 bits per heavy atom. The Hall–Kier alpha value is -2.16. The third-order valence-electron chi connectivity index (χ3n) is 2.82. The van der Waals surface area contributed by atoms with Crippen LogP contribution in [0.4, 0.5) is 5.69 Å². The van der Waals surface area contributed by atoms with Gasteiger partial charge in [0.05, 0.1) is 5.69 Å². The van der Waals surface area contributed by atoms with Gasteiger partial charge in [0.2, 0.25) is 0 Å². The summed E-state index contributed by atoms with van der Waals surface area (Å²) in [5.74, 6) is 0.392. The zero-order chi connectivity index (χ0) is 13.0. The molecule has 0 spiro atoms. The van der Waals surface area contributed by atoms with Gasteiger partial charge in [-0.2, -0.15) is 0 Å². The molecule has 0 bridgehead atoms. The molecule has 0 radical (unpaired) electrons. The third kappa shape index (κ3) is 2.94. The normalized spacial score (nSPS) is 10.4. The van der Waals surface area contributed by atoms with Crippen LogP contribution in [0.5, 0.6) is 0 Å². The molecule has 1 heterocycles. The molecule has 0 saturated carbocycles. The first kappa shape index (κ1) is 12.3. The van der Waals surface area contributed by atoms with E-state index in [2.05, 4.69) is 24.1 Å². The quantitative estimate of drug-likeness (QED) is 0.882. The molecule has 2 N–H and O–H groups in total. The lowest BCUT2D eigenvalue weighted by atomic mass is 10.0. The van der Waals surface area contributed by atoms with Gasteiger partial charge in [-0.05, 0) is 23.6 Å². The monoisotopic (exact) mass is 241 g/mol. The molecule has 0 unspecified atom stereocenters. The van der Waals surface area contributed by atoms with Gasteiger partial charge in [0.25, 0.3) is 5.91 Å². The Labute approximate surface area is 107 Å². The fourth-order valence-corrected chi connectivity index (χ4v) is 1.69. The molecule has 0 aliphatic carbocycles. The van der Waals surface area contributed by atoms with E-state index >= 15 is 0 Å². The number of hydrogen-bond donors (Lipinski definition) is 1. The number of rotatable bonds is 3. The summed E-state index contributed by atoms with van der Waals surface area (Å²) >= 11 is 0. The minimum Gasteiger partial charge on any atom is -0.322 e. The third-order valence-corrected chi connectivity index (χ3v) is 2.82. The van der Waals surface area contributed by atoms with Gasteiger partial charge in [-0.3, -0.25) is 4.79 Å². The van der Waals surface area contributed by atoms with E-state index in [-0.39, 0.29) is 5.91 Å². The topological polar surface area (TPSA) is 43.2 Å². The van der Waals surface area contributed by atoms with Gasteiger partial charge in [0.15, 0.2) is 12.4 Å². The Kier molecular flexibility index (Phi) is 3.72. The van der Waals surface area contributed by atoms with E-state index in [1.54, 1.807) is 12.4 Å². The van der Waals surface area contributed by atoms with E-state index in [1.807, 2.05) is 36.4 Å². The first-order valence-electron chi connectivity index (χ1n) is 6.04. The highest BCUT2D eigenvalue weighted by Crippen LogP contribution is 2.15. The van der Waals surface area contributed by atoms with Gasteiger partial charge in [0.1, 0.15) is 0 Å². The number of carbonyl (C=O) groups excluding carboxylic acids is 1. The highest BCUT2D eigenvalue weighted by atomic mass is 16.1. The number of anilines is 1. The molecule has 18 heavy (non-hydrogen) atoms. The van der Waals surface area contributed by atoms with Crippen LogP contribution in [0.3, 0.4) is 0 Å². The minimum absolute atomic E-state index is 0.0866. The van der Waals surface area contributed by atoms with Crippen LogP contribution in [0.15, 0.2) is 48.8 Å². The smallest absolute Gasteiger partial charge is 0.255 e. The zero-order valence-electron chi connectivity index (χ0n) is 10.6. The lowest BCUT2D eigenvalue weighted by molar-refractivity contribution is -0.377. The molecule has 1 aromatic heterocycles. The van der Waals surface area contributed by atoms with E-state index < -0.39 is 0 Å². The highest BCUT2D eigenvalue weighted by molar-refractivity contribution is 6.04. The van der Waals surface area contributed by atoms with E-state index in [4.69, 9.17) is 0 Å². The van der Waals surface area contributed by atoms with Crippen molar-refractivity contribution in [3.05, 3.63) is 59.9 Å². The number of hydrogen-bond acceptors (Lipinski definition) is 1. The van der Waals surface area contributed by atoms with Gasteiger partial charge in [-0.1, -0.05) is 26.0 Å². The number of aromatic nitrogens is 1. The highest BCUT2D eigenvalue weighted by Gasteiger charge is 2.07. The maximum absolute atomic E-state index is 12.0. The fraction of sp³-hybridized carbons (Fsp3) is 0.200. The summed E-state index contributed by atoms with van der Waals surface area (Å²) in [6, 6.07) is 11.4. The summed E-state index contributed by atoms with van der Waals surface area (Å²) < 4.78 is 0. The van der Waals surface area contributed by atoms with Crippen LogP contribution < -0.4 is 10.3 Å². The van der Waals surface area contributed by atoms with Gasteiger partial charge < -0.3 is 5.32 Å². The summed E-state index contributed by atoms with van der Waals surface area (Å²) in [7, 11) is 0. The summed E-state index contributed by atoms with van der Waals surface area (Å²) in [6.45, 7) is 4.27. The molecule has 0 aliphatic rings. The van der Waals surface area contributed by atoms with E-state index in [9.17, 15) is 4.79 Å². The van der Waals surface area contributed by atoms with Crippen LogP contribution in [0.25, 0.3) is 0 Å².